The number of benzene rings is 3. The van der Waals surface area contributed by atoms with Crippen molar-refractivity contribution in [3.8, 4) is 11.5 Å². The lowest BCUT2D eigenvalue weighted by molar-refractivity contribution is -0.114. The Hall–Kier alpha value is -3.53. The van der Waals surface area contributed by atoms with Crippen molar-refractivity contribution in [1.29, 1.82) is 0 Å². The molecule has 146 valence electrons. The predicted molar refractivity (Wildman–Crippen MR) is 115 cm³/mol. The second-order valence-corrected chi connectivity index (χ2v) is 7.03. The number of fused-ring (bicyclic) bond motifs is 1. The molecule has 1 aliphatic heterocycles. The fraction of sp³-hybridized carbons (Fsp3) is 0.160. The molecule has 0 spiro atoms. The van der Waals surface area contributed by atoms with Gasteiger partial charge in [-0.05, 0) is 48.4 Å². The van der Waals surface area contributed by atoms with Crippen LogP contribution in [0.4, 0.5) is 5.69 Å². The molecule has 1 unspecified atom stereocenters. The highest BCUT2D eigenvalue weighted by molar-refractivity contribution is 6.05. The summed E-state index contributed by atoms with van der Waals surface area (Å²) in [7, 11) is 0. The smallest absolute Gasteiger partial charge is 0.251 e. The van der Waals surface area contributed by atoms with Crippen molar-refractivity contribution in [2.75, 3.05) is 11.4 Å². The second-order valence-electron chi connectivity index (χ2n) is 7.03. The monoisotopic (exact) mass is 385 g/mol. The lowest BCUT2D eigenvalue weighted by Crippen LogP contribution is -2.41. The van der Waals surface area contributed by atoms with Gasteiger partial charge in [0, 0.05) is 6.08 Å². The highest BCUT2D eigenvalue weighted by atomic mass is 16.5. The number of carbonyl (C=O) groups excluding carboxylic acids is 1. The lowest BCUT2D eigenvalue weighted by Gasteiger charge is -2.32. The molecule has 4 rings (SSSR count). The van der Waals surface area contributed by atoms with Crippen LogP contribution in [0.2, 0.25) is 0 Å². The van der Waals surface area contributed by atoms with Gasteiger partial charge in [-0.2, -0.15) is 0 Å². The van der Waals surface area contributed by atoms with Crippen molar-refractivity contribution < 1.29 is 14.3 Å². The van der Waals surface area contributed by atoms with Gasteiger partial charge in [0.25, 0.3) is 5.91 Å². The third kappa shape index (κ3) is 4.66. The molecule has 0 bridgehead atoms. The molecule has 1 amide bonds. The molecule has 3 aromatic carbocycles. The number of rotatable bonds is 5. The molecule has 4 nitrogen and oxygen atoms in total. The fourth-order valence-electron chi connectivity index (χ4n) is 3.30. The summed E-state index contributed by atoms with van der Waals surface area (Å²) in [5, 5.41) is 0. The molecule has 29 heavy (non-hydrogen) atoms. The number of hydrogen-bond acceptors (Lipinski definition) is 3. The second kappa shape index (κ2) is 8.65. The number of amides is 1. The summed E-state index contributed by atoms with van der Waals surface area (Å²) in [4.78, 5) is 14.6. The van der Waals surface area contributed by atoms with E-state index in [1.165, 1.54) is 0 Å². The van der Waals surface area contributed by atoms with Gasteiger partial charge in [-0.25, -0.2) is 0 Å². The highest BCUT2D eigenvalue weighted by Crippen LogP contribution is 2.33. The summed E-state index contributed by atoms with van der Waals surface area (Å²) in [5.74, 6) is 1.45. The van der Waals surface area contributed by atoms with Crippen molar-refractivity contribution in [3.05, 3.63) is 96.1 Å². The van der Waals surface area contributed by atoms with Crippen LogP contribution in [0.3, 0.4) is 0 Å². The molecule has 0 saturated heterocycles. The first-order chi connectivity index (χ1) is 14.2. The van der Waals surface area contributed by atoms with Gasteiger partial charge in [0.1, 0.15) is 24.2 Å². The van der Waals surface area contributed by atoms with Crippen LogP contribution in [-0.4, -0.2) is 18.6 Å². The molecule has 0 saturated carbocycles. The quantitative estimate of drug-likeness (QED) is 0.574. The van der Waals surface area contributed by atoms with E-state index < -0.39 is 0 Å². The minimum absolute atomic E-state index is 0.0445. The number of hydrogen-bond donors (Lipinski definition) is 0. The molecule has 0 aromatic heterocycles. The molecular formula is C25H23NO3. The van der Waals surface area contributed by atoms with Gasteiger partial charge >= 0.3 is 0 Å². The molecule has 1 heterocycles. The van der Waals surface area contributed by atoms with E-state index in [0.717, 1.165) is 28.3 Å². The summed E-state index contributed by atoms with van der Waals surface area (Å²) in [6.07, 6.45) is 3.38. The maximum atomic E-state index is 12.8. The number of para-hydroxylation sites is 2. The Morgan fingerprint density at radius 2 is 1.86 bits per heavy atom. The Balaban J connectivity index is 1.44. The van der Waals surface area contributed by atoms with Crippen molar-refractivity contribution in [3.63, 3.8) is 0 Å². The van der Waals surface area contributed by atoms with Crippen molar-refractivity contribution in [1.82, 2.24) is 0 Å². The van der Waals surface area contributed by atoms with Crippen LogP contribution < -0.4 is 14.4 Å². The Morgan fingerprint density at radius 3 is 2.72 bits per heavy atom. The average molecular weight is 385 g/mol. The highest BCUT2D eigenvalue weighted by Gasteiger charge is 2.25. The SMILES string of the molecule is CC1CN(C(=O)/C=C/c2cccc(OCc3ccccc3)c2)c2ccccc2O1. The fourth-order valence-corrected chi connectivity index (χ4v) is 3.30. The molecule has 1 aliphatic rings. The first kappa shape index (κ1) is 18.8. The zero-order valence-electron chi connectivity index (χ0n) is 16.3. The number of ether oxygens (including phenoxy) is 2. The predicted octanol–water partition coefficient (Wildman–Crippen LogP) is 5.09. The van der Waals surface area contributed by atoms with Crippen molar-refractivity contribution >= 4 is 17.7 Å². The van der Waals surface area contributed by atoms with Gasteiger partial charge in [-0.15, -0.1) is 0 Å². The molecule has 1 atom stereocenters. The van der Waals surface area contributed by atoms with Crippen LogP contribution in [0.25, 0.3) is 6.08 Å². The number of anilines is 1. The molecule has 0 N–H and O–H groups in total. The van der Waals surface area contributed by atoms with Crippen LogP contribution in [0.5, 0.6) is 11.5 Å². The van der Waals surface area contributed by atoms with Crippen molar-refractivity contribution in [2.45, 2.75) is 19.6 Å². The maximum Gasteiger partial charge on any atom is 0.251 e. The van der Waals surface area contributed by atoms with Crippen LogP contribution >= 0.6 is 0 Å². The minimum atomic E-state index is -0.0665. The maximum absolute atomic E-state index is 12.8. The van der Waals surface area contributed by atoms with Crippen LogP contribution in [0.15, 0.2) is 84.9 Å². The van der Waals surface area contributed by atoms with E-state index in [0.29, 0.717) is 13.2 Å². The van der Waals surface area contributed by atoms with E-state index in [2.05, 4.69) is 0 Å². The van der Waals surface area contributed by atoms with E-state index >= 15 is 0 Å². The topological polar surface area (TPSA) is 38.8 Å². The number of carbonyl (C=O) groups is 1. The third-order valence-electron chi connectivity index (χ3n) is 4.71. The summed E-state index contributed by atoms with van der Waals surface area (Å²) < 4.78 is 11.7. The largest absolute Gasteiger partial charge is 0.489 e. The van der Waals surface area contributed by atoms with E-state index in [9.17, 15) is 4.79 Å². The zero-order valence-corrected chi connectivity index (χ0v) is 16.3. The first-order valence-corrected chi connectivity index (χ1v) is 9.71. The van der Waals surface area contributed by atoms with Crippen LogP contribution in [0, 0.1) is 0 Å². The van der Waals surface area contributed by atoms with E-state index in [4.69, 9.17) is 9.47 Å². The van der Waals surface area contributed by atoms with Crippen LogP contribution in [-0.2, 0) is 11.4 Å². The summed E-state index contributed by atoms with van der Waals surface area (Å²) in [5.41, 5.74) is 2.84. The van der Waals surface area contributed by atoms with Crippen LogP contribution in [0.1, 0.15) is 18.1 Å². The van der Waals surface area contributed by atoms with Gasteiger partial charge in [0.05, 0.1) is 12.2 Å². The minimum Gasteiger partial charge on any atom is -0.489 e. The lowest BCUT2D eigenvalue weighted by atomic mass is 10.1. The van der Waals surface area contributed by atoms with Gasteiger partial charge in [-0.3, -0.25) is 4.79 Å². The molecule has 0 fully saturated rings. The van der Waals surface area contributed by atoms with Gasteiger partial charge in [0.15, 0.2) is 0 Å². The molecule has 0 radical (unpaired) electrons. The van der Waals surface area contributed by atoms with E-state index in [1.807, 2.05) is 91.9 Å². The third-order valence-corrected chi connectivity index (χ3v) is 4.71. The normalized spacial score (nSPS) is 15.6. The van der Waals surface area contributed by atoms with Gasteiger partial charge in [-0.1, -0.05) is 54.6 Å². The standard InChI is InChI=1S/C25H23NO3/c1-19-17-26(23-12-5-6-13-24(23)29-19)25(27)15-14-20-10-7-11-22(16-20)28-18-21-8-3-2-4-9-21/h2-16,19H,17-18H2,1H3/b15-14+. The molecule has 3 aromatic rings. The Kier molecular flexibility index (Phi) is 5.61. The van der Waals surface area contributed by atoms with Gasteiger partial charge in [0.2, 0.25) is 0 Å². The Bertz CT molecular complexity index is 1010. The first-order valence-electron chi connectivity index (χ1n) is 9.71. The summed E-state index contributed by atoms with van der Waals surface area (Å²) >= 11 is 0. The molecular weight excluding hydrogens is 362 g/mol. The summed E-state index contributed by atoms with van der Waals surface area (Å²) in [6.45, 7) is 3.00. The Labute approximate surface area is 171 Å². The molecule has 4 heteroatoms. The van der Waals surface area contributed by atoms with E-state index in [-0.39, 0.29) is 12.0 Å². The number of nitrogens with zero attached hydrogens (tertiary/aromatic N) is 1. The average Bonchev–Trinajstić information content (AvgIpc) is 2.76. The summed E-state index contributed by atoms with van der Waals surface area (Å²) in [6, 6.07) is 25.4. The zero-order chi connectivity index (χ0) is 20.1. The van der Waals surface area contributed by atoms with Gasteiger partial charge < -0.3 is 14.4 Å². The molecule has 0 aliphatic carbocycles. The van der Waals surface area contributed by atoms with Crippen molar-refractivity contribution in [2.24, 2.45) is 0 Å². The van der Waals surface area contributed by atoms with E-state index in [1.54, 1.807) is 11.0 Å². The Morgan fingerprint density at radius 1 is 1.07 bits per heavy atom.